The van der Waals surface area contributed by atoms with Gasteiger partial charge in [-0.2, -0.15) is 0 Å². The number of phenols is 1. The Labute approximate surface area is 202 Å². The number of benzene rings is 3. The average Bonchev–Trinajstić information content (AvgIpc) is 3.32. The van der Waals surface area contributed by atoms with E-state index in [0.717, 1.165) is 33.7 Å². The minimum atomic E-state index is -0.218. The van der Waals surface area contributed by atoms with Crippen molar-refractivity contribution < 1.29 is 14.6 Å². The Hall–Kier alpha value is -4.59. The number of nitrogens with zero attached hydrogens (tertiary/aromatic N) is 5. The molecular weight excluding hydrogens is 442 g/mol. The molecule has 5 aromatic rings. The van der Waals surface area contributed by atoms with Crippen LogP contribution in [0.1, 0.15) is 22.6 Å². The Morgan fingerprint density at radius 3 is 2.49 bits per heavy atom. The summed E-state index contributed by atoms with van der Waals surface area (Å²) in [4.78, 5) is 11.5. The van der Waals surface area contributed by atoms with Crippen molar-refractivity contribution in [1.82, 2.24) is 19.6 Å². The van der Waals surface area contributed by atoms with E-state index in [0.29, 0.717) is 23.1 Å². The predicted molar refractivity (Wildman–Crippen MR) is 133 cm³/mol. The molecule has 8 heteroatoms. The molecule has 2 aromatic heterocycles. The smallest absolute Gasteiger partial charge is 0.228 e. The van der Waals surface area contributed by atoms with Gasteiger partial charge in [-0.1, -0.05) is 18.2 Å². The predicted octanol–water partition coefficient (Wildman–Crippen LogP) is 4.86. The number of fused-ring (bicyclic) bond motifs is 4. The third-order valence-corrected chi connectivity index (χ3v) is 6.28. The van der Waals surface area contributed by atoms with Crippen molar-refractivity contribution in [3.05, 3.63) is 89.7 Å². The molecule has 0 saturated heterocycles. The molecule has 1 atom stereocenters. The summed E-state index contributed by atoms with van der Waals surface area (Å²) in [7, 11) is 5.66. The van der Waals surface area contributed by atoms with Gasteiger partial charge in [0.05, 0.1) is 12.7 Å². The highest BCUT2D eigenvalue weighted by Crippen LogP contribution is 2.48. The van der Waals surface area contributed by atoms with Gasteiger partial charge < -0.3 is 19.5 Å². The fraction of sp³-hybridized carbons (Fsp3) is 0.148. The van der Waals surface area contributed by atoms with Crippen LogP contribution in [0.5, 0.6) is 23.1 Å². The Morgan fingerprint density at radius 1 is 1.00 bits per heavy atom. The van der Waals surface area contributed by atoms with Gasteiger partial charge in [-0.05, 0) is 48.0 Å². The highest BCUT2D eigenvalue weighted by Gasteiger charge is 2.33. The van der Waals surface area contributed by atoms with Gasteiger partial charge >= 0.3 is 0 Å². The maximum Gasteiger partial charge on any atom is 0.228 e. The second-order valence-corrected chi connectivity index (χ2v) is 8.64. The van der Waals surface area contributed by atoms with Crippen LogP contribution in [0.25, 0.3) is 17.0 Å². The fourth-order valence-electron chi connectivity index (χ4n) is 4.48. The summed E-state index contributed by atoms with van der Waals surface area (Å²) in [6.07, 6.45) is 1.61. The van der Waals surface area contributed by atoms with Crippen LogP contribution in [0.2, 0.25) is 0 Å². The van der Waals surface area contributed by atoms with E-state index in [1.54, 1.807) is 30.1 Å². The molecule has 0 amide bonds. The van der Waals surface area contributed by atoms with E-state index in [1.807, 2.05) is 73.6 Å². The number of aromatic hydroxyl groups is 1. The van der Waals surface area contributed by atoms with E-state index >= 15 is 0 Å². The molecule has 8 nitrogen and oxygen atoms in total. The van der Waals surface area contributed by atoms with Gasteiger partial charge in [0.2, 0.25) is 5.88 Å². The van der Waals surface area contributed by atoms with Crippen molar-refractivity contribution in [2.24, 2.45) is 0 Å². The molecule has 0 radical (unpaired) electrons. The van der Waals surface area contributed by atoms with Crippen molar-refractivity contribution >= 4 is 11.3 Å². The van der Waals surface area contributed by atoms with E-state index in [9.17, 15) is 5.11 Å². The first-order valence-corrected chi connectivity index (χ1v) is 11.2. The minimum absolute atomic E-state index is 0.132. The molecule has 174 valence electrons. The van der Waals surface area contributed by atoms with Crippen LogP contribution in [0, 0.1) is 0 Å². The van der Waals surface area contributed by atoms with Gasteiger partial charge in [-0.3, -0.25) is 0 Å². The normalized spacial score (nSPS) is 14.2. The quantitative estimate of drug-likeness (QED) is 0.398. The van der Waals surface area contributed by atoms with Gasteiger partial charge in [-0.15, -0.1) is 5.10 Å². The van der Waals surface area contributed by atoms with E-state index in [2.05, 4.69) is 4.98 Å². The lowest BCUT2D eigenvalue weighted by molar-refractivity contribution is 0.414. The minimum Gasteiger partial charge on any atom is -0.508 e. The number of aromatic nitrogens is 4. The lowest BCUT2D eigenvalue weighted by atomic mass is 9.84. The molecular formula is C27H23N5O3. The summed E-state index contributed by atoms with van der Waals surface area (Å²) in [6.45, 7) is 0. The lowest BCUT2D eigenvalue weighted by Gasteiger charge is -2.28. The molecule has 3 aromatic carbocycles. The number of methoxy groups -OCH3 is 1. The number of phenolic OH excluding ortho intramolecular Hbond substituents is 1. The zero-order valence-corrected chi connectivity index (χ0v) is 19.5. The number of rotatable bonds is 4. The highest BCUT2D eigenvalue weighted by molar-refractivity contribution is 5.69. The maximum absolute atomic E-state index is 10.1. The molecule has 0 spiro atoms. The largest absolute Gasteiger partial charge is 0.508 e. The van der Waals surface area contributed by atoms with Crippen molar-refractivity contribution in [2.45, 2.75) is 5.92 Å². The van der Waals surface area contributed by atoms with E-state index in [4.69, 9.17) is 19.6 Å². The zero-order chi connectivity index (χ0) is 24.1. The van der Waals surface area contributed by atoms with Crippen LogP contribution in [-0.4, -0.2) is 45.9 Å². The maximum atomic E-state index is 10.1. The number of hydrogen-bond acceptors (Lipinski definition) is 7. The van der Waals surface area contributed by atoms with Crippen LogP contribution < -0.4 is 14.4 Å². The Kier molecular flexibility index (Phi) is 4.81. The third-order valence-electron chi connectivity index (χ3n) is 6.28. The van der Waals surface area contributed by atoms with Crippen LogP contribution >= 0.6 is 0 Å². The molecule has 0 aliphatic carbocycles. The molecule has 0 unspecified atom stereocenters. The van der Waals surface area contributed by atoms with Gasteiger partial charge in [0.1, 0.15) is 23.6 Å². The average molecular weight is 466 g/mol. The Morgan fingerprint density at radius 2 is 1.77 bits per heavy atom. The number of anilines is 1. The van der Waals surface area contributed by atoms with E-state index in [1.165, 1.54) is 0 Å². The van der Waals surface area contributed by atoms with Crippen LogP contribution in [0.4, 0.5) is 5.69 Å². The second kappa shape index (κ2) is 8.02. The monoisotopic (exact) mass is 465 g/mol. The number of hydrogen-bond donors (Lipinski definition) is 1. The van der Waals surface area contributed by atoms with Crippen LogP contribution in [0.15, 0.2) is 73.1 Å². The van der Waals surface area contributed by atoms with E-state index in [-0.39, 0.29) is 11.7 Å². The topological polar surface area (TPSA) is 85.0 Å². The summed E-state index contributed by atoms with van der Waals surface area (Å²) < 4.78 is 13.2. The Bertz CT molecular complexity index is 1540. The van der Waals surface area contributed by atoms with Crippen LogP contribution in [-0.2, 0) is 0 Å². The lowest BCUT2D eigenvalue weighted by Crippen LogP contribution is -2.15. The first kappa shape index (κ1) is 21.0. The van der Waals surface area contributed by atoms with Gasteiger partial charge in [0.15, 0.2) is 11.5 Å². The van der Waals surface area contributed by atoms with Crippen molar-refractivity contribution in [1.29, 1.82) is 0 Å². The summed E-state index contributed by atoms with van der Waals surface area (Å²) in [5, 5.41) is 14.8. The fourth-order valence-corrected chi connectivity index (χ4v) is 4.48. The van der Waals surface area contributed by atoms with Crippen molar-refractivity contribution in [3.63, 3.8) is 0 Å². The second-order valence-electron chi connectivity index (χ2n) is 8.64. The molecule has 3 heterocycles. The first-order chi connectivity index (χ1) is 17.0. The molecule has 1 N–H and O–H groups in total. The first-order valence-electron chi connectivity index (χ1n) is 11.2. The summed E-state index contributed by atoms with van der Waals surface area (Å²) >= 11 is 0. The zero-order valence-electron chi connectivity index (χ0n) is 19.5. The molecule has 1 aliphatic heterocycles. The third kappa shape index (κ3) is 3.50. The van der Waals surface area contributed by atoms with Crippen molar-refractivity contribution in [3.8, 4) is 34.5 Å². The Balaban J connectivity index is 1.54. The molecule has 35 heavy (non-hydrogen) atoms. The molecule has 0 fully saturated rings. The van der Waals surface area contributed by atoms with Gasteiger partial charge in [0.25, 0.3) is 0 Å². The number of ether oxygens (including phenoxy) is 2. The molecule has 0 bridgehead atoms. The molecule has 6 rings (SSSR count). The van der Waals surface area contributed by atoms with E-state index < -0.39 is 0 Å². The summed E-state index contributed by atoms with van der Waals surface area (Å²) in [5.41, 5.74) is 5.44. The highest BCUT2D eigenvalue weighted by atomic mass is 16.5. The van der Waals surface area contributed by atoms with Gasteiger partial charge in [-0.25, -0.2) is 14.5 Å². The molecule has 1 aliphatic rings. The van der Waals surface area contributed by atoms with Crippen molar-refractivity contribution in [2.75, 3.05) is 26.1 Å². The standard InChI is InChI=1S/C27H23N5O3/c1-31(2)18-8-4-17(5-9-18)25-29-26-24-23(16-6-11-20(34-3)12-7-16)21-13-10-19(33)14-22(21)35-27(24)28-15-32(26)30-25/h4-15,23,33H,1-3H3/t23-/m0/s1. The molecule has 0 saturated carbocycles. The summed E-state index contributed by atoms with van der Waals surface area (Å²) in [6, 6.07) is 21.2. The summed E-state index contributed by atoms with van der Waals surface area (Å²) in [5.74, 6) is 2.30. The van der Waals surface area contributed by atoms with Gasteiger partial charge in [0, 0.05) is 42.9 Å². The van der Waals surface area contributed by atoms with Crippen LogP contribution in [0.3, 0.4) is 0 Å². The SMILES string of the molecule is COc1ccc([C@H]2c3ccc(O)cc3Oc3ncn4nc(-c5ccc(N(C)C)cc5)nc4c32)cc1.